The maximum atomic E-state index is 3.36. The second-order valence-electron chi connectivity index (χ2n) is 4.69. The van der Waals surface area contributed by atoms with Crippen molar-refractivity contribution in [3.63, 3.8) is 0 Å². The van der Waals surface area contributed by atoms with Crippen LogP contribution in [0.15, 0.2) is 24.3 Å². The van der Waals surface area contributed by atoms with Crippen LogP contribution in [-0.4, -0.2) is 0 Å². The smallest absolute Gasteiger partial charge is 0.0410 e. The topological polar surface area (TPSA) is 0 Å². The van der Waals surface area contributed by atoms with Gasteiger partial charge < -0.3 is 0 Å². The predicted molar refractivity (Wildman–Crippen MR) is 79.7 cm³/mol. The molecule has 1 aromatic carbocycles. The summed E-state index contributed by atoms with van der Waals surface area (Å²) in [7, 11) is 0. The van der Waals surface area contributed by atoms with E-state index >= 15 is 0 Å². The third-order valence-electron chi connectivity index (χ3n) is 3.56. The second kappa shape index (κ2) is 3.86. The third kappa shape index (κ3) is 1.39. The lowest BCUT2D eigenvalue weighted by atomic mass is 9.96. The van der Waals surface area contributed by atoms with Crippen molar-refractivity contribution in [2.75, 3.05) is 0 Å². The summed E-state index contributed by atoms with van der Waals surface area (Å²) in [6.07, 6.45) is 12.1. The van der Waals surface area contributed by atoms with Crippen molar-refractivity contribution >= 4 is 33.6 Å². The van der Waals surface area contributed by atoms with Crippen molar-refractivity contribution in [3.05, 3.63) is 45.9 Å². The number of benzene rings is 1. The zero-order valence-corrected chi connectivity index (χ0v) is 10.8. The van der Waals surface area contributed by atoms with E-state index in [1.165, 1.54) is 44.5 Å². The maximum Gasteiger partial charge on any atom is 0.0410 e. The summed E-state index contributed by atoms with van der Waals surface area (Å²) in [5, 5.41) is 1.38. The molecule has 0 aliphatic heterocycles. The molecule has 0 unspecified atom stereocenters. The van der Waals surface area contributed by atoms with Crippen LogP contribution in [0.2, 0.25) is 0 Å². The minimum atomic E-state index is 0.859. The largest absolute Gasteiger partial charge is 0.140 e. The van der Waals surface area contributed by atoms with Gasteiger partial charge in [-0.2, -0.15) is 0 Å². The standard InChI is InChI=1S/C17H12S/c1-2-6-12-10-11-16-17(13(12)7-3-1)14-8-4-5-9-15(14)18-16/h2,4,6,8,10-11H,1,5,9H2. The van der Waals surface area contributed by atoms with Crippen molar-refractivity contribution in [1.82, 2.24) is 0 Å². The Bertz CT molecular complexity index is 760. The number of allylic oxidation sites excluding steroid dienone is 2. The fourth-order valence-corrected chi connectivity index (χ4v) is 3.93. The van der Waals surface area contributed by atoms with E-state index in [1.54, 1.807) is 0 Å². The van der Waals surface area contributed by atoms with E-state index < -0.39 is 0 Å². The van der Waals surface area contributed by atoms with Gasteiger partial charge in [-0.3, -0.25) is 0 Å². The molecule has 2 aliphatic carbocycles. The molecule has 0 nitrogen and oxygen atoms in total. The Morgan fingerprint density at radius 1 is 1.11 bits per heavy atom. The Morgan fingerprint density at radius 3 is 3.11 bits per heavy atom. The molecule has 1 heterocycles. The molecular formula is C17H12S. The molecule has 0 bridgehead atoms. The molecule has 2 aromatic rings. The van der Waals surface area contributed by atoms with E-state index in [4.69, 9.17) is 0 Å². The Balaban J connectivity index is 2.16. The fourth-order valence-electron chi connectivity index (χ4n) is 2.71. The molecule has 0 N–H and O–H groups in total. The lowest BCUT2D eigenvalue weighted by Crippen LogP contribution is -1.90. The monoisotopic (exact) mass is 248 g/mol. The van der Waals surface area contributed by atoms with Crippen LogP contribution in [0.5, 0.6) is 0 Å². The number of hydrogen-bond donors (Lipinski definition) is 0. The molecule has 0 spiro atoms. The first kappa shape index (κ1) is 10.2. The Hall–Kier alpha value is -1.78. The molecule has 0 saturated carbocycles. The van der Waals surface area contributed by atoms with Gasteiger partial charge in [0.05, 0.1) is 0 Å². The van der Waals surface area contributed by atoms with Crippen LogP contribution in [0.3, 0.4) is 0 Å². The zero-order valence-electron chi connectivity index (χ0n) is 9.99. The van der Waals surface area contributed by atoms with Crippen LogP contribution in [0.4, 0.5) is 0 Å². The summed E-state index contributed by atoms with van der Waals surface area (Å²) >= 11 is 1.94. The van der Waals surface area contributed by atoms with Gasteiger partial charge in [0.25, 0.3) is 0 Å². The van der Waals surface area contributed by atoms with Gasteiger partial charge in [0, 0.05) is 26.9 Å². The van der Waals surface area contributed by atoms with Crippen LogP contribution in [0, 0.1) is 11.8 Å². The predicted octanol–water partition coefficient (Wildman–Crippen LogP) is 4.63. The Kier molecular flexibility index (Phi) is 2.18. The van der Waals surface area contributed by atoms with E-state index in [-0.39, 0.29) is 0 Å². The summed E-state index contributed by atoms with van der Waals surface area (Å²) in [5.74, 6) is 6.60. The first-order chi connectivity index (χ1) is 8.93. The lowest BCUT2D eigenvalue weighted by Gasteiger charge is -2.06. The first-order valence-electron chi connectivity index (χ1n) is 6.34. The van der Waals surface area contributed by atoms with Gasteiger partial charge in [0.2, 0.25) is 0 Å². The SMILES string of the molecule is C1#Cc2c(ccc3sc4c(c23)C=CCC4)C=CC1. The molecule has 0 radical (unpaired) electrons. The molecule has 4 rings (SSSR count). The minimum Gasteiger partial charge on any atom is -0.140 e. The molecule has 18 heavy (non-hydrogen) atoms. The summed E-state index contributed by atoms with van der Waals surface area (Å²) in [6, 6.07) is 4.46. The highest BCUT2D eigenvalue weighted by atomic mass is 32.1. The van der Waals surface area contributed by atoms with E-state index in [0.29, 0.717) is 0 Å². The highest BCUT2D eigenvalue weighted by molar-refractivity contribution is 7.19. The van der Waals surface area contributed by atoms with Crippen molar-refractivity contribution < 1.29 is 0 Å². The number of rotatable bonds is 0. The van der Waals surface area contributed by atoms with Crippen molar-refractivity contribution in [2.24, 2.45) is 0 Å². The first-order valence-corrected chi connectivity index (χ1v) is 7.15. The van der Waals surface area contributed by atoms with Crippen LogP contribution in [0.25, 0.3) is 22.2 Å². The molecule has 0 saturated heterocycles. The summed E-state index contributed by atoms with van der Waals surface area (Å²) in [5.41, 5.74) is 3.92. The van der Waals surface area contributed by atoms with Gasteiger partial charge in [-0.25, -0.2) is 0 Å². The maximum absolute atomic E-state index is 3.36. The Labute approximate surface area is 111 Å². The summed E-state index contributed by atoms with van der Waals surface area (Å²) in [4.78, 5) is 1.52. The van der Waals surface area contributed by atoms with Crippen LogP contribution < -0.4 is 0 Å². The molecule has 1 aromatic heterocycles. The number of thiophene rings is 1. The molecule has 0 fully saturated rings. The average Bonchev–Trinajstić information content (AvgIpc) is 2.61. The molecule has 1 heteroatoms. The molecule has 0 amide bonds. The van der Waals surface area contributed by atoms with E-state index in [2.05, 4.69) is 48.3 Å². The third-order valence-corrected chi connectivity index (χ3v) is 4.79. The van der Waals surface area contributed by atoms with E-state index in [1.807, 2.05) is 11.3 Å². The second-order valence-corrected chi connectivity index (χ2v) is 5.83. The molecular weight excluding hydrogens is 236 g/mol. The number of hydrogen-bond acceptors (Lipinski definition) is 1. The van der Waals surface area contributed by atoms with Crippen molar-refractivity contribution in [2.45, 2.75) is 19.3 Å². The van der Waals surface area contributed by atoms with Gasteiger partial charge in [-0.05, 0) is 30.0 Å². The fraction of sp³-hybridized carbons (Fsp3) is 0.176. The van der Waals surface area contributed by atoms with Gasteiger partial charge >= 0.3 is 0 Å². The van der Waals surface area contributed by atoms with Crippen LogP contribution in [0.1, 0.15) is 34.4 Å². The van der Waals surface area contributed by atoms with Crippen LogP contribution >= 0.6 is 11.3 Å². The summed E-state index contributed by atoms with van der Waals surface area (Å²) < 4.78 is 1.38. The quantitative estimate of drug-likeness (QED) is 0.596. The van der Waals surface area contributed by atoms with Gasteiger partial charge in [-0.1, -0.05) is 42.2 Å². The highest BCUT2D eigenvalue weighted by Crippen LogP contribution is 2.38. The molecule has 2 aliphatic rings. The minimum absolute atomic E-state index is 0.859. The van der Waals surface area contributed by atoms with Gasteiger partial charge in [-0.15, -0.1) is 11.3 Å². The zero-order chi connectivity index (χ0) is 11.9. The van der Waals surface area contributed by atoms with Gasteiger partial charge in [0.15, 0.2) is 0 Å². The lowest BCUT2D eigenvalue weighted by molar-refractivity contribution is 1.02. The highest BCUT2D eigenvalue weighted by Gasteiger charge is 2.16. The Morgan fingerprint density at radius 2 is 2.11 bits per heavy atom. The molecule has 0 atom stereocenters. The normalized spacial score (nSPS) is 15.8. The van der Waals surface area contributed by atoms with Gasteiger partial charge in [0.1, 0.15) is 0 Å². The number of aryl methyl sites for hydroxylation is 1. The van der Waals surface area contributed by atoms with E-state index in [9.17, 15) is 0 Å². The van der Waals surface area contributed by atoms with Crippen molar-refractivity contribution in [3.8, 4) is 11.8 Å². The number of fused-ring (bicyclic) bond motifs is 5. The van der Waals surface area contributed by atoms with Crippen LogP contribution in [-0.2, 0) is 6.42 Å². The van der Waals surface area contributed by atoms with E-state index in [0.717, 1.165) is 6.42 Å². The average molecular weight is 248 g/mol. The summed E-state index contributed by atoms with van der Waals surface area (Å²) in [6.45, 7) is 0. The molecule has 86 valence electrons. The van der Waals surface area contributed by atoms with Crippen molar-refractivity contribution in [1.29, 1.82) is 0 Å².